The summed E-state index contributed by atoms with van der Waals surface area (Å²) >= 11 is 1.59. The summed E-state index contributed by atoms with van der Waals surface area (Å²) in [6, 6.07) is 3.74. The third-order valence-electron chi connectivity index (χ3n) is 4.38. The number of aromatic nitrogens is 2. The fourth-order valence-electron chi connectivity index (χ4n) is 3.12. The maximum absolute atomic E-state index is 12.8. The van der Waals surface area contributed by atoms with Gasteiger partial charge in [0.1, 0.15) is 17.9 Å². The molecule has 2 aromatic heterocycles. The second kappa shape index (κ2) is 7.45. The average Bonchev–Trinajstić information content (AvgIpc) is 3.00. The molecule has 1 amide bonds. The zero-order valence-electron chi connectivity index (χ0n) is 13.7. The number of hydrogen-bond acceptors (Lipinski definition) is 6. The molecule has 25 heavy (non-hydrogen) atoms. The second-order valence-electron chi connectivity index (χ2n) is 5.95. The predicted molar refractivity (Wildman–Crippen MR) is 92.9 cm³/mol. The number of carbonyl (C=O) groups excluding carboxylic acids is 1. The lowest BCUT2D eigenvalue weighted by Crippen LogP contribution is -2.33. The molecule has 1 aliphatic rings. The van der Waals surface area contributed by atoms with Gasteiger partial charge in [0.25, 0.3) is 5.56 Å². The average molecular weight is 355 g/mol. The third-order valence-corrected chi connectivity index (χ3v) is 5.58. The van der Waals surface area contributed by atoms with Crippen molar-refractivity contribution in [3.63, 3.8) is 0 Å². The van der Waals surface area contributed by atoms with E-state index < -0.39 is 0 Å². The standard InChI is InChI=1S/C17H17N5O2S/c18-6-9-21(10-7-19)14(23)5-8-22-11-20-16-15(17(22)24)12-3-1-2-4-13(12)25-16/h11H,1-5,8-10H2. The summed E-state index contributed by atoms with van der Waals surface area (Å²) in [5, 5.41) is 18.2. The molecule has 0 atom stereocenters. The van der Waals surface area contributed by atoms with E-state index in [1.54, 1.807) is 11.3 Å². The number of fused-ring (bicyclic) bond motifs is 3. The topological polar surface area (TPSA) is 103 Å². The quantitative estimate of drug-likeness (QED) is 0.758. The number of nitrogens with zero attached hydrogens (tertiary/aromatic N) is 5. The summed E-state index contributed by atoms with van der Waals surface area (Å²) < 4.78 is 1.46. The van der Waals surface area contributed by atoms with Crippen LogP contribution in [-0.2, 0) is 24.2 Å². The van der Waals surface area contributed by atoms with E-state index in [2.05, 4.69) is 4.98 Å². The first-order valence-corrected chi connectivity index (χ1v) is 8.98. The van der Waals surface area contributed by atoms with Gasteiger partial charge in [0, 0.05) is 17.8 Å². The van der Waals surface area contributed by atoms with E-state index in [4.69, 9.17) is 10.5 Å². The summed E-state index contributed by atoms with van der Waals surface area (Å²) in [5.74, 6) is -0.317. The van der Waals surface area contributed by atoms with Crippen molar-refractivity contribution < 1.29 is 4.79 Å². The Kier molecular flexibility index (Phi) is 5.11. The van der Waals surface area contributed by atoms with Crippen LogP contribution >= 0.6 is 11.3 Å². The minimum atomic E-state index is -0.317. The highest BCUT2D eigenvalue weighted by molar-refractivity contribution is 7.18. The molecule has 0 radical (unpaired) electrons. The van der Waals surface area contributed by atoms with Crippen LogP contribution in [0.5, 0.6) is 0 Å². The molecule has 0 spiro atoms. The van der Waals surface area contributed by atoms with Crippen LogP contribution in [0, 0.1) is 22.7 Å². The van der Waals surface area contributed by atoms with Crippen LogP contribution in [0.1, 0.15) is 29.7 Å². The Hall–Kier alpha value is -2.71. The molecule has 2 heterocycles. The number of aryl methyl sites for hydroxylation is 3. The SMILES string of the molecule is N#CCN(CC#N)C(=O)CCn1cnc2sc3c(c2c1=O)CCCC3. The van der Waals surface area contributed by atoms with Gasteiger partial charge < -0.3 is 4.90 Å². The van der Waals surface area contributed by atoms with E-state index >= 15 is 0 Å². The van der Waals surface area contributed by atoms with Crippen LogP contribution in [0.25, 0.3) is 10.2 Å². The first-order valence-electron chi connectivity index (χ1n) is 8.17. The lowest BCUT2D eigenvalue weighted by atomic mass is 9.97. The Morgan fingerprint density at radius 2 is 2.00 bits per heavy atom. The van der Waals surface area contributed by atoms with E-state index in [1.165, 1.54) is 20.7 Å². The zero-order valence-corrected chi connectivity index (χ0v) is 14.5. The van der Waals surface area contributed by atoms with Crippen molar-refractivity contribution in [2.75, 3.05) is 13.1 Å². The highest BCUT2D eigenvalue weighted by Crippen LogP contribution is 2.33. The van der Waals surface area contributed by atoms with Crippen molar-refractivity contribution in [2.45, 2.75) is 38.6 Å². The highest BCUT2D eigenvalue weighted by atomic mass is 32.1. The molecule has 0 N–H and O–H groups in total. The number of hydrogen-bond donors (Lipinski definition) is 0. The first kappa shape index (κ1) is 17.1. The van der Waals surface area contributed by atoms with E-state index in [1.807, 2.05) is 12.1 Å². The lowest BCUT2D eigenvalue weighted by Gasteiger charge is -2.16. The molecule has 0 saturated carbocycles. The Morgan fingerprint density at radius 1 is 1.28 bits per heavy atom. The van der Waals surface area contributed by atoms with Crippen molar-refractivity contribution in [1.82, 2.24) is 14.5 Å². The summed E-state index contributed by atoms with van der Waals surface area (Å²) in [7, 11) is 0. The summed E-state index contributed by atoms with van der Waals surface area (Å²) in [4.78, 5) is 32.5. The van der Waals surface area contributed by atoms with Gasteiger partial charge in [0.15, 0.2) is 0 Å². The van der Waals surface area contributed by atoms with Crippen LogP contribution in [0.4, 0.5) is 0 Å². The van der Waals surface area contributed by atoms with Crippen molar-refractivity contribution in [3.05, 3.63) is 27.1 Å². The van der Waals surface area contributed by atoms with Gasteiger partial charge >= 0.3 is 0 Å². The highest BCUT2D eigenvalue weighted by Gasteiger charge is 2.20. The minimum absolute atomic E-state index is 0.0583. The predicted octanol–water partition coefficient (Wildman–Crippen LogP) is 1.60. The number of thiophene rings is 1. The lowest BCUT2D eigenvalue weighted by molar-refractivity contribution is -0.130. The largest absolute Gasteiger partial charge is 0.316 e. The van der Waals surface area contributed by atoms with Crippen molar-refractivity contribution in [2.24, 2.45) is 0 Å². The number of rotatable bonds is 5. The van der Waals surface area contributed by atoms with Crippen LogP contribution in [0.3, 0.4) is 0 Å². The van der Waals surface area contributed by atoms with Gasteiger partial charge in [0.05, 0.1) is 23.9 Å². The van der Waals surface area contributed by atoms with E-state index in [-0.39, 0.29) is 37.5 Å². The molecule has 0 aliphatic heterocycles. The van der Waals surface area contributed by atoms with E-state index in [9.17, 15) is 9.59 Å². The van der Waals surface area contributed by atoms with Gasteiger partial charge in [-0.05, 0) is 31.2 Å². The number of amides is 1. The van der Waals surface area contributed by atoms with Gasteiger partial charge in [-0.25, -0.2) is 4.98 Å². The van der Waals surface area contributed by atoms with Crippen LogP contribution in [0.2, 0.25) is 0 Å². The van der Waals surface area contributed by atoms with Crippen molar-refractivity contribution in [1.29, 1.82) is 10.5 Å². The van der Waals surface area contributed by atoms with Gasteiger partial charge in [-0.15, -0.1) is 11.3 Å². The Bertz CT molecular complexity index is 931. The normalized spacial score (nSPS) is 13.0. The molecular weight excluding hydrogens is 338 g/mol. The Morgan fingerprint density at radius 3 is 2.72 bits per heavy atom. The smallest absolute Gasteiger partial charge is 0.262 e. The molecule has 128 valence electrons. The molecule has 0 aromatic carbocycles. The number of nitriles is 2. The van der Waals surface area contributed by atoms with E-state index in [0.717, 1.165) is 36.1 Å². The molecule has 1 aliphatic carbocycles. The van der Waals surface area contributed by atoms with Gasteiger partial charge in [-0.3, -0.25) is 14.2 Å². The maximum Gasteiger partial charge on any atom is 0.262 e. The molecular formula is C17H17N5O2S. The first-order chi connectivity index (χ1) is 12.2. The molecule has 0 fully saturated rings. The van der Waals surface area contributed by atoms with Crippen molar-refractivity contribution in [3.8, 4) is 12.1 Å². The van der Waals surface area contributed by atoms with Gasteiger partial charge in [0.2, 0.25) is 5.91 Å². The molecule has 0 saturated heterocycles. The maximum atomic E-state index is 12.8. The Labute approximate surface area is 148 Å². The van der Waals surface area contributed by atoms with Gasteiger partial charge in [-0.2, -0.15) is 10.5 Å². The van der Waals surface area contributed by atoms with Crippen LogP contribution in [0.15, 0.2) is 11.1 Å². The van der Waals surface area contributed by atoms with Crippen LogP contribution in [-0.4, -0.2) is 33.4 Å². The molecule has 0 bridgehead atoms. The fraction of sp³-hybridized carbons (Fsp3) is 0.471. The molecule has 2 aromatic rings. The molecule has 8 heteroatoms. The van der Waals surface area contributed by atoms with Gasteiger partial charge in [-0.1, -0.05) is 0 Å². The second-order valence-corrected chi connectivity index (χ2v) is 7.03. The minimum Gasteiger partial charge on any atom is -0.316 e. The number of carbonyl (C=O) groups is 1. The fourth-order valence-corrected chi connectivity index (χ4v) is 4.34. The summed E-state index contributed by atoms with van der Waals surface area (Å²) in [6.07, 6.45) is 5.69. The molecule has 0 unspecified atom stereocenters. The van der Waals surface area contributed by atoms with E-state index in [0.29, 0.717) is 5.39 Å². The summed E-state index contributed by atoms with van der Waals surface area (Å²) in [5.41, 5.74) is 1.02. The Balaban J connectivity index is 1.82. The van der Waals surface area contributed by atoms with Crippen molar-refractivity contribution >= 4 is 27.5 Å². The zero-order chi connectivity index (χ0) is 17.8. The molecule has 7 nitrogen and oxygen atoms in total. The molecule has 3 rings (SSSR count). The third kappa shape index (κ3) is 3.40. The van der Waals surface area contributed by atoms with Crippen LogP contribution < -0.4 is 5.56 Å². The monoisotopic (exact) mass is 355 g/mol. The summed E-state index contributed by atoms with van der Waals surface area (Å²) in [6.45, 7) is -0.0637.